The van der Waals surface area contributed by atoms with E-state index in [2.05, 4.69) is 19.1 Å². The maximum Gasteiger partial charge on any atom is 0.444 e. The van der Waals surface area contributed by atoms with E-state index in [0.29, 0.717) is 6.42 Å². The van der Waals surface area contributed by atoms with Crippen molar-refractivity contribution < 1.29 is 9.72 Å². The van der Waals surface area contributed by atoms with Crippen molar-refractivity contribution in [1.82, 2.24) is 0 Å². The predicted molar refractivity (Wildman–Crippen MR) is 91.5 cm³/mol. The molecule has 0 aromatic heterocycles. The zero-order valence-electron chi connectivity index (χ0n) is 14.2. The Hall–Kier alpha value is -1.19. The highest BCUT2D eigenvalue weighted by molar-refractivity contribution is 5.66. The summed E-state index contributed by atoms with van der Waals surface area (Å²) in [6, 6.07) is 0. The number of allylic oxidation sites excluding steroid dienone is 2. The van der Waals surface area contributed by atoms with Gasteiger partial charge in [-0.3, -0.25) is 10.1 Å². The topological polar surface area (TPSA) is 60.2 Å². The van der Waals surface area contributed by atoms with E-state index in [1.807, 2.05) is 0 Å². The molecule has 1 amide bonds. The van der Waals surface area contributed by atoms with Crippen LogP contribution in [-0.2, 0) is 4.79 Å². The maximum atomic E-state index is 10.8. The molecule has 0 bridgehead atoms. The number of rotatable bonds is 15. The van der Waals surface area contributed by atoms with Crippen LogP contribution in [0, 0.1) is 10.1 Å². The van der Waals surface area contributed by atoms with Crippen molar-refractivity contribution >= 4 is 5.91 Å². The van der Waals surface area contributed by atoms with Crippen molar-refractivity contribution in [3.05, 3.63) is 22.3 Å². The molecule has 0 spiro atoms. The van der Waals surface area contributed by atoms with E-state index in [4.69, 9.17) is 0 Å². The number of carbonyl (C=O) groups excluding carboxylic acids is 1. The average Bonchev–Trinajstić information content (AvgIpc) is 2.50. The molecule has 22 heavy (non-hydrogen) atoms. The number of hydrogen-bond donors (Lipinski definition) is 0. The smallest absolute Gasteiger partial charge is 0.256 e. The molecular weight excluding hydrogens is 278 g/mol. The van der Waals surface area contributed by atoms with Gasteiger partial charge in [0.05, 0.1) is 6.42 Å². The van der Waals surface area contributed by atoms with Crippen molar-refractivity contribution in [2.75, 3.05) is 0 Å². The molecular formula is C18H33NO3. The fourth-order valence-corrected chi connectivity index (χ4v) is 2.44. The lowest BCUT2D eigenvalue weighted by molar-refractivity contribution is -0.402. The second kappa shape index (κ2) is 16.2. The summed E-state index contributed by atoms with van der Waals surface area (Å²) in [5.74, 6) is -0.845. The number of carbonyl (C=O) groups is 1. The van der Waals surface area contributed by atoms with E-state index in [9.17, 15) is 14.9 Å². The molecule has 0 unspecified atom stereocenters. The molecule has 0 saturated carbocycles. The van der Waals surface area contributed by atoms with Gasteiger partial charge in [0.15, 0.2) is 0 Å². The zero-order valence-corrected chi connectivity index (χ0v) is 14.2. The van der Waals surface area contributed by atoms with Crippen LogP contribution in [0.25, 0.3) is 0 Å². The summed E-state index contributed by atoms with van der Waals surface area (Å²) in [7, 11) is 0. The molecule has 0 fully saturated rings. The second-order valence-corrected chi connectivity index (χ2v) is 5.99. The fourth-order valence-electron chi connectivity index (χ4n) is 2.44. The van der Waals surface area contributed by atoms with Gasteiger partial charge < -0.3 is 0 Å². The van der Waals surface area contributed by atoms with Crippen LogP contribution < -0.4 is 0 Å². The lowest BCUT2D eigenvalue weighted by Gasteiger charge is -2.00. The van der Waals surface area contributed by atoms with Gasteiger partial charge in [-0.05, 0) is 32.1 Å². The Balaban J connectivity index is 3.14. The van der Waals surface area contributed by atoms with Gasteiger partial charge in [0.2, 0.25) is 0 Å². The first kappa shape index (κ1) is 20.8. The Morgan fingerprint density at radius 3 is 1.77 bits per heavy atom. The summed E-state index contributed by atoms with van der Waals surface area (Å²) < 4.78 is 0. The maximum absolute atomic E-state index is 10.8. The van der Waals surface area contributed by atoms with Crippen LogP contribution in [-0.4, -0.2) is 10.8 Å². The number of hydrogen-bond acceptors (Lipinski definition) is 3. The summed E-state index contributed by atoms with van der Waals surface area (Å²) in [4.78, 5) is 20.1. The summed E-state index contributed by atoms with van der Waals surface area (Å²) >= 11 is 0. The molecule has 0 heterocycles. The van der Waals surface area contributed by atoms with E-state index in [-0.39, 0.29) is 6.42 Å². The average molecular weight is 311 g/mol. The van der Waals surface area contributed by atoms with Crippen LogP contribution in [0.5, 0.6) is 0 Å². The number of nitrogens with zero attached hydrogens (tertiary/aromatic N) is 1. The monoisotopic (exact) mass is 311 g/mol. The van der Waals surface area contributed by atoms with Crippen LogP contribution in [0.3, 0.4) is 0 Å². The van der Waals surface area contributed by atoms with E-state index >= 15 is 0 Å². The third-order valence-electron chi connectivity index (χ3n) is 3.86. The van der Waals surface area contributed by atoms with Gasteiger partial charge in [0.1, 0.15) is 4.92 Å². The first-order chi connectivity index (χ1) is 10.7. The highest BCUT2D eigenvalue weighted by atomic mass is 16.6. The SMILES string of the molecule is CCCCC/C=C/CCCCCCCCCCC(=O)[N+](=O)[O-]. The highest BCUT2D eigenvalue weighted by Crippen LogP contribution is 2.11. The van der Waals surface area contributed by atoms with Crippen LogP contribution in [0.15, 0.2) is 12.2 Å². The Labute approximate surface area is 135 Å². The largest absolute Gasteiger partial charge is 0.444 e. The Morgan fingerprint density at radius 1 is 0.818 bits per heavy atom. The Morgan fingerprint density at radius 2 is 1.27 bits per heavy atom. The Kier molecular flexibility index (Phi) is 15.3. The van der Waals surface area contributed by atoms with Crippen LogP contribution in [0.2, 0.25) is 0 Å². The van der Waals surface area contributed by atoms with Crippen molar-refractivity contribution in [2.24, 2.45) is 0 Å². The molecule has 0 saturated heterocycles. The molecule has 0 atom stereocenters. The van der Waals surface area contributed by atoms with E-state index in [0.717, 1.165) is 12.8 Å². The van der Waals surface area contributed by atoms with Gasteiger partial charge in [-0.1, -0.05) is 70.4 Å². The van der Waals surface area contributed by atoms with Gasteiger partial charge in [-0.25, -0.2) is 4.79 Å². The molecule has 0 N–H and O–H groups in total. The molecule has 4 nitrogen and oxygen atoms in total. The van der Waals surface area contributed by atoms with Gasteiger partial charge in [0, 0.05) is 0 Å². The number of nitro groups is 1. The van der Waals surface area contributed by atoms with Crippen molar-refractivity contribution in [1.29, 1.82) is 0 Å². The van der Waals surface area contributed by atoms with Crippen molar-refractivity contribution in [3.63, 3.8) is 0 Å². The summed E-state index contributed by atoms with van der Waals surface area (Å²) in [6.07, 6.45) is 20.1. The van der Waals surface area contributed by atoms with E-state index < -0.39 is 10.8 Å². The minimum absolute atomic E-state index is 0.0948. The van der Waals surface area contributed by atoms with E-state index in [1.54, 1.807) is 0 Å². The molecule has 0 radical (unpaired) electrons. The van der Waals surface area contributed by atoms with Crippen molar-refractivity contribution in [3.8, 4) is 0 Å². The molecule has 128 valence electrons. The first-order valence-electron chi connectivity index (χ1n) is 9.00. The standard InChI is InChI=1S/C18H33NO3/c1-2-3-4-5-6-7-8-9-10-11-12-13-14-15-16-17-18(20)19(21)22/h6-7H,2-5,8-17H2,1H3/b7-6+. The second-order valence-electron chi connectivity index (χ2n) is 5.99. The van der Waals surface area contributed by atoms with Crippen molar-refractivity contribution in [2.45, 2.75) is 96.8 Å². The normalized spacial score (nSPS) is 11.1. The molecule has 0 aliphatic heterocycles. The Bertz CT molecular complexity index is 313. The minimum Gasteiger partial charge on any atom is -0.256 e. The molecule has 4 heteroatoms. The molecule has 0 aromatic rings. The highest BCUT2D eigenvalue weighted by Gasteiger charge is 2.12. The quantitative estimate of drug-likeness (QED) is 0.165. The minimum atomic E-state index is -0.845. The lowest BCUT2D eigenvalue weighted by atomic mass is 10.1. The molecule has 0 rings (SSSR count). The van der Waals surface area contributed by atoms with Crippen LogP contribution in [0.1, 0.15) is 96.8 Å². The first-order valence-corrected chi connectivity index (χ1v) is 9.00. The number of unbranched alkanes of at least 4 members (excludes halogenated alkanes) is 11. The van der Waals surface area contributed by atoms with Gasteiger partial charge in [-0.15, -0.1) is 0 Å². The third-order valence-corrected chi connectivity index (χ3v) is 3.86. The molecule has 0 aliphatic carbocycles. The van der Waals surface area contributed by atoms with Gasteiger partial charge >= 0.3 is 5.91 Å². The lowest BCUT2D eigenvalue weighted by Crippen LogP contribution is -2.10. The third kappa shape index (κ3) is 15.2. The molecule has 0 aromatic carbocycles. The predicted octanol–water partition coefficient (Wildman–Crippen LogP) is 5.83. The van der Waals surface area contributed by atoms with Crippen LogP contribution >= 0.6 is 0 Å². The number of amides is 1. The zero-order chi connectivity index (χ0) is 16.5. The molecule has 0 aliphatic rings. The summed E-state index contributed by atoms with van der Waals surface area (Å²) in [6.45, 7) is 2.23. The van der Waals surface area contributed by atoms with E-state index in [1.165, 1.54) is 64.2 Å². The van der Waals surface area contributed by atoms with Gasteiger partial charge in [-0.2, -0.15) is 0 Å². The summed E-state index contributed by atoms with van der Waals surface area (Å²) in [5, 5.41) is 10.1. The van der Waals surface area contributed by atoms with Gasteiger partial charge in [0.25, 0.3) is 0 Å². The summed E-state index contributed by atoms with van der Waals surface area (Å²) in [5.41, 5.74) is 0. The fraction of sp³-hybridized carbons (Fsp3) is 0.833. The van der Waals surface area contributed by atoms with Crippen LogP contribution in [0.4, 0.5) is 0 Å².